The molecule has 0 saturated heterocycles. The van der Waals surface area contributed by atoms with Crippen molar-refractivity contribution >= 4 is 11.8 Å². The molecule has 23 heavy (non-hydrogen) atoms. The van der Waals surface area contributed by atoms with Gasteiger partial charge in [-0.2, -0.15) is 0 Å². The van der Waals surface area contributed by atoms with Crippen molar-refractivity contribution in [1.82, 2.24) is 0 Å². The van der Waals surface area contributed by atoms with Crippen molar-refractivity contribution in [3.63, 3.8) is 0 Å². The number of carboxylic acids is 1. The first-order valence-electron chi connectivity index (χ1n) is 9.08. The quantitative estimate of drug-likeness (QED) is 0.793. The molecule has 4 aliphatic rings. The van der Waals surface area contributed by atoms with Crippen LogP contribution in [0.25, 0.3) is 0 Å². The summed E-state index contributed by atoms with van der Waals surface area (Å²) < 4.78 is 0. The summed E-state index contributed by atoms with van der Waals surface area (Å²) in [7, 11) is 0. The summed E-state index contributed by atoms with van der Waals surface area (Å²) in [6.45, 7) is 8.68. The molecule has 0 amide bonds. The Kier molecular flexibility index (Phi) is 2.74. The van der Waals surface area contributed by atoms with Gasteiger partial charge < -0.3 is 5.11 Å². The fourth-order valence-corrected chi connectivity index (χ4v) is 7.74. The number of hydrogen-bond donors (Lipinski definition) is 1. The molecule has 3 heteroatoms. The first-order valence-corrected chi connectivity index (χ1v) is 9.08. The first-order chi connectivity index (χ1) is 10.6. The molecule has 7 atom stereocenters. The van der Waals surface area contributed by atoms with Crippen molar-refractivity contribution in [1.29, 1.82) is 0 Å². The molecule has 3 saturated carbocycles. The lowest BCUT2D eigenvalue weighted by atomic mass is 9.52. The molecule has 0 aromatic rings. The van der Waals surface area contributed by atoms with Crippen LogP contribution in [0.5, 0.6) is 0 Å². The topological polar surface area (TPSA) is 54.4 Å². The Labute approximate surface area is 138 Å². The third-order valence-electron chi connectivity index (χ3n) is 8.78. The summed E-state index contributed by atoms with van der Waals surface area (Å²) in [5, 5.41) is 9.95. The molecule has 3 nitrogen and oxygen atoms in total. The van der Waals surface area contributed by atoms with Crippen LogP contribution in [0.3, 0.4) is 0 Å². The molecule has 0 bridgehead atoms. The van der Waals surface area contributed by atoms with Crippen LogP contribution in [-0.4, -0.2) is 16.9 Å². The van der Waals surface area contributed by atoms with Crippen molar-refractivity contribution in [2.75, 3.05) is 0 Å². The largest absolute Gasteiger partial charge is 0.481 e. The highest BCUT2D eigenvalue weighted by Crippen LogP contribution is 2.79. The van der Waals surface area contributed by atoms with Crippen LogP contribution >= 0.6 is 0 Å². The molecule has 4 aliphatic carbocycles. The molecular weight excluding hydrogens is 288 g/mol. The number of rotatable bonds is 1. The Hall–Kier alpha value is -1.12. The number of fused-ring (bicyclic) bond motifs is 2. The van der Waals surface area contributed by atoms with Crippen LogP contribution in [0, 0.1) is 39.4 Å². The van der Waals surface area contributed by atoms with Crippen LogP contribution in [-0.2, 0) is 9.59 Å². The van der Waals surface area contributed by atoms with Crippen LogP contribution in [0.4, 0.5) is 0 Å². The van der Waals surface area contributed by atoms with Gasteiger partial charge in [0.1, 0.15) is 0 Å². The van der Waals surface area contributed by atoms with Gasteiger partial charge in [0.25, 0.3) is 0 Å². The predicted molar refractivity (Wildman–Crippen MR) is 87.8 cm³/mol. The molecule has 0 heterocycles. The van der Waals surface area contributed by atoms with Gasteiger partial charge in [0, 0.05) is 5.41 Å². The van der Waals surface area contributed by atoms with Crippen LogP contribution < -0.4 is 0 Å². The second kappa shape index (κ2) is 4.10. The zero-order valence-electron chi connectivity index (χ0n) is 14.7. The van der Waals surface area contributed by atoms with Gasteiger partial charge in [0.2, 0.25) is 0 Å². The van der Waals surface area contributed by atoms with Gasteiger partial charge in [-0.3, -0.25) is 9.59 Å². The van der Waals surface area contributed by atoms with E-state index in [1.165, 1.54) is 0 Å². The lowest BCUT2D eigenvalue weighted by molar-refractivity contribution is -0.152. The lowest BCUT2D eigenvalue weighted by Gasteiger charge is -2.50. The number of carbonyl (C=O) groups is 2. The Morgan fingerprint density at radius 1 is 1.22 bits per heavy atom. The molecule has 0 aromatic heterocycles. The van der Waals surface area contributed by atoms with Gasteiger partial charge in [0.05, 0.1) is 5.41 Å². The van der Waals surface area contributed by atoms with E-state index in [4.69, 9.17) is 0 Å². The number of aliphatic carboxylic acids is 1. The monoisotopic (exact) mass is 316 g/mol. The lowest BCUT2D eigenvalue weighted by Crippen LogP contribution is -2.50. The van der Waals surface area contributed by atoms with Crippen LogP contribution in [0.2, 0.25) is 0 Å². The van der Waals surface area contributed by atoms with Gasteiger partial charge in [-0.25, -0.2) is 0 Å². The molecule has 3 fully saturated rings. The maximum atomic E-state index is 12.8. The van der Waals surface area contributed by atoms with E-state index in [2.05, 4.69) is 26.8 Å². The highest BCUT2D eigenvalue weighted by atomic mass is 16.4. The maximum Gasteiger partial charge on any atom is 0.309 e. The first kappa shape index (κ1) is 15.4. The Balaban J connectivity index is 1.90. The Morgan fingerprint density at radius 2 is 1.91 bits per heavy atom. The molecule has 4 rings (SSSR count). The maximum absolute atomic E-state index is 12.8. The summed E-state index contributed by atoms with van der Waals surface area (Å²) in [6, 6.07) is 0. The van der Waals surface area contributed by atoms with E-state index < -0.39 is 11.4 Å². The van der Waals surface area contributed by atoms with Gasteiger partial charge in [-0.05, 0) is 73.7 Å². The molecule has 0 aromatic carbocycles. The van der Waals surface area contributed by atoms with E-state index in [0.717, 1.165) is 32.1 Å². The molecule has 1 spiro atoms. The average molecular weight is 316 g/mol. The van der Waals surface area contributed by atoms with E-state index >= 15 is 0 Å². The fourth-order valence-electron chi connectivity index (χ4n) is 7.74. The van der Waals surface area contributed by atoms with E-state index in [9.17, 15) is 14.7 Å². The summed E-state index contributed by atoms with van der Waals surface area (Å²) >= 11 is 0. The third kappa shape index (κ3) is 1.44. The highest BCUT2D eigenvalue weighted by molar-refractivity contribution is 5.97. The minimum Gasteiger partial charge on any atom is -0.481 e. The molecule has 0 aliphatic heterocycles. The number of allylic oxidation sites excluding steroid dienone is 2. The minimum absolute atomic E-state index is 0.0324. The normalized spacial score (nSPS) is 57.2. The summed E-state index contributed by atoms with van der Waals surface area (Å²) in [4.78, 5) is 24.9. The smallest absolute Gasteiger partial charge is 0.309 e. The number of carbonyl (C=O) groups excluding carboxylic acids is 1. The zero-order chi connectivity index (χ0) is 16.8. The summed E-state index contributed by atoms with van der Waals surface area (Å²) in [6.07, 6.45) is 8.62. The van der Waals surface area contributed by atoms with E-state index in [1.54, 1.807) is 6.08 Å². The van der Waals surface area contributed by atoms with Crippen molar-refractivity contribution in [3.05, 3.63) is 12.2 Å². The van der Waals surface area contributed by atoms with Crippen molar-refractivity contribution in [2.24, 2.45) is 39.4 Å². The number of hydrogen-bond acceptors (Lipinski definition) is 2. The molecule has 0 unspecified atom stereocenters. The average Bonchev–Trinajstić information content (AvgIpc) is 3.01. The fraction of sp³-hybridized carbons (Fsp3) is 0.800. The minimum atomic E-state index is -0.637. The van der Waals surface area contributed by atoms with Gasteiger partial charge in [-0.15, -0.1) is 0 Å². The number of carboxylic acid groups (broad SMARTS) is 1. The van der Waals surface area contributed by atoms with Crippen LogP contribution in [0.15, 0.2) is 12.2 Å². The second-order valence-corrected chi connectivity index (χ2v) is 9.56. The summed E-state index contributed by atoms with van der Waals surface area (Å²) in [5.74, 6) is 0.570. The van der Waals surface area contributed by atoms with Crippen molar-refractivity contribution in [2.45, 2.75) is 59.8 Å². The standard InChI is InChI=1S/C20H28O3/c1-12-5-6-14(21)19(4)8-7-13-15-17(2,11-20(12,13)19)9-10-18(15,3)16(22)23/h5-6,12-13,15H,7-11H2,1-4H3,(H,22,23)/t12-,13-,15-,17+,18-,19-,20-/m0/s1. The zero-order valence-corrected chi connectivity index (χ0v) is 14.7. The third-order valence-corrected chi connectivity index (χ3v) is 8.78. The number of ketones is 1. The summed E-state index contributed by atoms with van der Waals surface area (Å²) in [5.41, 5.74) is -0.884. The molecule has 0 radical (unpaired) electrons. The van der Waals surface area contributed by atoms with Crippen molar-refractivity contribution < 1.29 is 14.7 Å². The van der Waals surface area contributed by atoms with Gasteiger partial charge in [-0.1, -0.05) is 26.8 Å². The van der Waals surface area contributed by atoms with E-state index in [1.807, 2.05) is 6.92 Å². The van der Waals surface area contributed by atoms with Gasteiger partial charge >= 0.3 is 5.97 Å². The van der Waals surface area contributed by atoms with E-state index in [0.29, 0.717) is 11.8 Å². The SMILES string of the molecule is C[C@H]1C=CC(=O)[C@]2(C)CC[C@H]3[C@H]4[C@](C)(CC[C@]4(C)C(=O)O)C[C@]132. The second-order valence-electron chi connectivity index (χ2n) is 9.56. The van der Waals surface area contributed by atoms with Crippen LogP contribution in [0.1, 0.15) is 59.8 Å². The highest BCUT2D eigenvalue weighted by Gasteiger charge is 2.76. The van der Waals surface area contributed by atoms with Crippen molar-refractivity contribution in [3.8, 4) is 0 Å². The Morgan fingerprint density at radius 3 is 2.57 bits per heavy atom. The van der Waals surface area contributed by atoms with Gasteiger partial charge in [0.15, 0.2) is 5.78 Å². The van der Waals surface area contributed by atoms with E-state index in [-0.39, 0.29) is 27.9 Å². The predicted octanol–water partition coefficient (Wildman–Crippen LogP) is 4.08. The Bertz CT molecular complexity index is 637. The molecular formula is C20H28O3. The molecule has 126 valence electrons. The molecule has 1 N–H and O–H groups in total.